The van der Waals surface area contributed by atoms with Gasteiger partial charge in [-0.15, -0.1) is 0 Å². The number of nitrogens with zero attached hydrogens (tertiary/aromatic N) is 2. The zero-order chi connectivity index (χ0) is 11.8. The number of rotatable bonds is 5. The molecule has 1 aliphatic carbocycles. The zero-order valence-corrected chi connectivity index (χ0v) is 10.3. The largest absolute Gasteiger partial charge is 0.373 e. The average Bonchev–Trinajstić information content (AvgIpc) is 2.96. The van der Waals surface area contributed by atoms with Gasteiger partial charge in [0.25, 0.3) is 0 Å². The normalized spacial score (nSPS) is 18.8. The Bertz CT molecular complexity index is 358. The van der Waals surface area contributed by atoms with E-state index in [2.05, 4.69) is 15.5 Å². The van der Waals surface area contributed by atoms with E-state index in [0.717, 1.165) is 0 Å². The van der Waals surface area contributed by atoms with Crippen molar-refractivity contribution in [3.05, 3.63) is 11.7 Å². The summed E-state index contributed by atoms with van der Waals surface area (Å²) < 4.78 is 10.7. The van der Waals surface area contributed by atoms with Crippen LogP contribution >= 0.6 is 0 Å². The predicted octanol–water partition coefficient (Wildman–Crippen LogP) is 1.62. The van der Waals surface area contributed by atoms with Crippen LogP contribution in [0.3, 0.4) is 0 Å². The Hall–Kier alpha value is -0.940. The molecule has 1 saturated carbocycles. The standard InChI is InChI=1S/C11H19N3O2/c1-11(2,12-3)10-13-9(14-16-10)8(15-4)7-5-6-7/h7-8,12H,5-6H2,1-4H3. The SMILES string of the molecule is CNC(C)(C)c1nc(C(OC)C2CC2)no1. The molecule has 0 saturated heterocycles. The molecule has 1 atom stereocenters. The summed E-state index contributed by atoms with van der Waals surface area (Å²) in [6.07, 6.45) is 2.38. The predicted molar refractivity (Wildman–Crippen MR) is 58.9 cm³/mol. The van der Waals surface area contributed by atoms with Gasteiger partial charge in [-0.05, 0) is 39.7 Å². The zero-order valence-electron chi connectivity index (χ0n) is 10.3. The maximum absolute atomic E-state index is 5.41. The Labute approximate surface area is 95.6 Å². The van der Waals surface area contributed by atoms with Gasteiger partial charge in [-0.3, -0.25) is 0 Å². The van der Waals surface area contributed by atoms with Crippen LogP contribution in [0.4, 0.5) is 0 Å². The molecule has 90 valence electrons. The molecular formula is C11H19N3O2. The van der Waals surface area contributed by atoms with Gasteiger partial charge < -0.3 is 14.6 Å². The van der Waals surface area contributed by atoms with Crippen molar-refractivity contribution in [2.45, 2.75) is 38.3 Å². The van der Waals surface area contributed by atoms with Crippen molar-refractivity contribution in [1.29, 1.82) is 0 Å². The molecular weight excluding hydrogens is 206 g/mol. The lowest BCUT2D eigenvalue weighted by Gasteiger charge is -2.18. The van der Waals surface area contributed by atoms with Crippen LogP contribution in [-0.2, 0) is 10.3 Å². The lowest BCUT2D eigenvalue weighted by molar-refractivity contribution is 0.0751. The molecule has 0 radical (unpaired) electrons. The van der Waals surface area contributed by atoms with Gasteiger partial charge in [0.2, 0.25) is 11.7 Å². The molecule has 0 aromatic carbocycles. The minimum absolute atomic E-state index is 0.00911. The Morgan fingerprint density at radius 1 is 1.50 bits per heavy atom. The Morgan fingerprint density at radius 3 is 2.69 bits per heavy atom. The Morgan fingerprint density at radius 2 is 2.19 bits per heavy atom. The molecule has 1 unspecified atom stereocenters. The van der Waals surface area contributed by atoms with Crippen molar-refractivity contribution < 1.29 is 9.26 Å². The molecule has 5 nitrogen and oxygen atoms in total. The minimum Gasteiger partial charge on any atom is -0.373 e. The number of nitrogens with one attached hydrogen (secondary N) is 1. The first-order valence-electron chi connectivity index (χ1n) is 5.64. The van der Waals surface area contributed by atoms with Crippen molar-refractivity contribution in [2.24, 2.45) is 5.92 Å². The highest BCUT2D eigenvalue weighted by Crippen LogP contribution is 2.42. The summed E-state index contributed by atoms with van der Waals surface area (Å²) in [7, 11) is 3.57. The van der Waals surface area contributed by atoms with Gasteiger partial charge in [-0.25, -0.2) is 0 Å². The van der Waals surface area contributed by atoms with E-state index in [1.807, 2.05) is 20.9 Å². The van der Waals surface area contributed by atoms with Crippen LogP contribution in [0.5, 0.6) is 0 Å². The van der Waals surface area contributed by atoms with Gasteiger partial charge in [0.15, 0.2) is 0 Å². The molecule has 0 spiro atoms. The molecule has 2 rings (SSSR count). The fourth-order valence-corrected chi connectivity index (χ4v) is 1.62. The molecule has 0 bridgehead atoms. The van der Waals surface area contributed by atoms with Gasteiger partial charge in [0.05, 0.1) is 5.54 Å². The van der Waals surface area contributed by atoms with Crippen LogP contribution in [-0.4, -0.2) is 24.3 Å². The van der Waals surface area contributed by atoms with Crippen molar-refractivity contribution in [1.82, 2.24) is 15.5 Å². The third-order valence-electron chi connectivity index (χ3n) is 3.16. The van der Waals surface area contributed by atoms with Crippen LogP contribution in [0.25, 0.3) is 0 Å². The smallest absolute Gasteiger partial charge is 0.246 e. The van der Waals surface area contributed by atoms with Crippen LogP contribution in [0.15, 0.2) is 4.52 Å². The number of ether oxygens (including phenoxy) is 1. The van der Waals surface area contributed by atoms with E-state index < -0.39 is 0 Å². The second kappa shape index (κ2) is 4.14. The van der Waals surface area contributed by atoms with Gasteiger partial charge in [0, 0.05) is 7.11 Å². The van der Waals surface area contributed by atoms with E-state index >= 15 is 0 Å². The quantitative estimate of drug-likeness (QED) is 0.825. The third kappa shape index (κ3) is 2.10. The summed E-state index contributed by atoms with van der Waals surface area (Å²) in [5.74, 6) is 1.84. The summed E-state index contributed by atoms with van der Waals surface area (Å²) in [5, 5.41) is 7.15. The van der Waals surface area contributed by atoms with E-state index in [4.69, 9.17) is 9.26 Å². The van der Waals surface area contributed by atoms with E-state index in [-0.39, 0.29) is 11.6 Å². The fraction of sp³-hybridized carbons (Fsp3) is 0.818. The second-order valence-electron chi connectivity index (χ2n) is 4.83. The Kier molecular flexibility index (Phi) is 2.99. The minimum atomic E-state index is -0.299. The summed E-state index contributed by atoms with van der Waals surface area (Å²) in [4.78, 5) is 4.42. The maximum atomic E-state index is 5.41. The first-order chi connectivity index (χ1) is 7.58. The van der Waals surface area contributed by atoms with Gasteiger partial charge in [-0.1, -0.05) is 5.16 Å². The summed E-state index contributed by atoms with van der Waals surface area (Å²) >= 11 is 0. The Balaban J connectivity index is 2.17. The summed E-state index contributed by atoms with van der Waals surface area (Å²) in [5.41, 5.74) is -0.299. The number of methoxy groups -OCH3 is 1. The van der Waals surface area contributed by atoms with Crippen LogP contribution < -0.4 is 5.32 Å². The molecule has 1 N–H and O–H groups in total. The third-order valence-corrected chi connectivity index (χ3v) is 3.16. The highest BCUT2D eigenvalue weighted by Gasteiger charge is 2.37. The molecule has 1 heterocycles. The molecule has 16 heavy (non-hydrogen) atoms. The monoisotopic (exact) mass is 225 g/mol. The lowest BCUT2D eigenvalue weighted by Crippen LogP contribution is -2.33. The topological polar surface area (TPSA) is 60.2 Å². The van der Waals surface area contributed by atoms with Gasteiger partial charge >= 0.3 is 0 Å². The van der Waals surface area contributed by atoms with Crippen LogP contribution in [0.2, 0.25) is 0 Å². The first-order valence-corrected chi connectivity index (χ1v) is 5.64. The van der Waals surface area contributed by atoms with Crippen molar-refractivity contribution >= 4 is 0 Å². The van der Waals surface area contributed by atoms with Crippen molar-refractivity contribution in [3.63, 3.8) is 0 Å². The van der Waals surface area contributed by atoms with Crippen LogP contribution in [0, 0.1) is 5.92 Å². The lowest BCUT2D eigenvalue weighted by atomic mass is 10.1. The van der Waals surface area contributed by atoms with E-state index in [1.54, 1.807) is 7.11 Å². The summed E-state index contributed by atoms with van der Waals surface area (Å²) in [6.45, 7) is 4.01. The van der Waals surface area contributed by atoms with Crippen molar-refractivity contribution in [3.8, 4) is 0 Å². The number of hydrogen-bond donors (Lipinski definition) is 1. The molecule has 1 aromatic rings. The average molecular weight is 225 g/mol. The highest BCUT2D eigenvalue weighted by molar-refractivity contribution is 5.03. The van der Waals surface area contributed by atoms with Gasteiger partial charge in [-0.2, -0.15) is 4.98 Å². The van der Waals surface area contributed by atoms with Crippen LogP contribution in [0.1, 0.15) is 44.5 Å². The fourth-order valence-electron chi connectivity index (χ4n) is 1.62. The summed E-state index contributed by atoms with van der Waals surface area (Å²) in [6, 6.07) is 0. The van der Waals surface area contributed by atoms with Gasteiger partial charge in [0.1, 0.15) is 6.10 Å². The first kappa shape index (κ1) is 11.5. The number of hydrogen-bond acceptors (Lipinski definition) is 5. The van der Waals surface area contributed by atoms with Crippen molar-refractivity contribution in [2.75, 3.05) is 14.2 Å². The molecule has 0 amide bonds. The molecule has 5 heteroatoms. The van der Waals surface area contributed by atoms with E-state index in [0.29, 0.717) is 17.6 Å². The van der Waals surface area contributed by atoms with E-state index in [9.17, 15) is 0 Å². The maximum Gasteiger partial charge on any atom is 0.246 e. The number of aromatic nitrogens is 2. The molecule has 0 aliphatic heterocycles. The second-order valence-corrected chi connectivity index (χ2v) is 4.83. The molecule has 1 aliphatic rings. The highest BCUT2D eigenvalue weighted by atomic mass is 16.5. The van der Waals surface area contributed by atoms with E-state index in [1.165, 1.54) is 12.8 Å². The molecule has 1 fully saturated rings. The molecule has 1 aromatic heterocycles.